The van der Waals surface area contributed by atoms with Crippen LogP contribution in [0.2, 0.25) is 0 Å². The van der Waals surface area contributed by atoms with Gasteiger partial charge in [-0.3, -0.25) is 9.48 Å². The molecule has 0 spiro atoms. The summed E-state index contributed by atoms with van der Waals surface area (Å²) in [6, 6.07) is 1.90. The first-order valence-electron chi connectivity index (χ1n) is 6.60. The van der Waals surface area contributed by atoms with E-state index in [0.717, 1.165) is 32.2 Å². The third-order valence-corrected chi connectivity index (χ3v) is 3.79. The average Bonchev–Trinajstić information content (AvgIpc) is 2.97. The topological polar surface area (TPSA) is 70.1 Å². The van der Waals surface area contributed by atoms with Crippen LogP contribution in [0.15, 0.2) is 18.5 Å². The smallest absolute Gasteiger partial charge is 0.326 e. The van der Waals surface area contributed by atoms with Gasteiger partial charge in [-0.2, -0.15) is 5.10 Å². The van der Waals surface area contributed by atoms with Crippen molar-refractivity contribution in [2.24, 2.45) is 11.7 Å². The van der Waals surface area contributed by atoms with Crippen molar-refractivity contribution in [1.29, 1.82) is 0 Å². The second-order valence-corrected chi connectivity index (χ2v) is 4.91. The molecule has 1 aromatic rings. The van der Waals surface area contributed by atoms with E-state index < -0.39 is 5.54 Å². The van der Waals surface area contributed by atoms with Crippen molar-refractivity contribution >= 4 is 5.97 Å². The number of nitrogens with zero attached hydrogens (tertiary/aromatic N) is 2. The molecule has 0 amide bonds. The van der Waals surface area contributed by atoms with E-state index in [0.29, 0.717) is 6.61 Å². The maximum Gasteiger partial charge on any atom is 0.326 e. The zero-order chi connectivity index (χ0) is 13.0. The predicted octanol–water partition coefficient (Wildman–Crippen LogP) is 1.33. The van der Waals surface area contributed by atoms with Crippen LogP contribution in [-0.2, 0) is 16.1 Å². The van der Waals surface area contributed by atoms with Crippen molar-refractivity contribution < 1.29 is 9.53 Å². The largest absolute Gasteiger partial charge is 0.465 e. The molecule has 5 heteroatoms. The number of ether oxygens (including phenoxy) is 1. The van der Waals surface area contributed by atoms with Gasteiger partial charge in [0.2, 0.25) is 0 Å². The van der Waals surface area contributed by atoms with Crippen LogP contribution in [0.4, 0.5) is 0 Å². The highest BCUT2D eigenvalue weighted by molar-refractivity contribution is 5.81. The number of nitrogens with two attached hydrogens (primary N) is 1. The van der Waals surface area contributed by atoms with E-state index in [4.69, 9.17) is 10.5 Å². The Hall–Kier alpha value is -1.36. The Morgan fingerprint density at radius 3 is 3.17 bits per heavy atom. The summed E-state index contributed by atoms with van der Waals surface area (Å²) in [6.45, 7) is 3.01. The molecule has 2 N–H and O–H groups in total. The molecule has 0 aromatic carbocycles. The van der Waals surface area contributed by atoms with Gasteiger partial charge in [-0.15, -0.1) is 0 Å². The minimum atomic E-state index is -0.789. The maximum absolute atomic E-state index is 12.0. The Morgan fingerprint density at radius 1 is 1.67 bits per heavy atom. The Labute approximate surface area is 107 Å². The minimum absolute atomic E-state index is 0.195. The summed E-state index contributed by atoms with van der Waals surface area (Å²) in [4.78, 5) is 12.0. The summed E-state index contributed by atoms with van der Waals surface area (Å²) in [5, 5.41) is 4.17. The van der Waals surface area contributed by atoms with Gasteiger partial charge in [0.05, 0.1) is 6.61 Å². The fourth-order valence-corrected chi connectivity index (χ4v) is 2.76. The summed E-state index contributed by atoms with van der Waals surface area (Å²) in [6.07, 6.45) is 7.29. The molecule has 0 aliphatic heterocycles. The van der Waals surface area contributed by atoms with Gasteiger partial charge >= 0.3 is 5.97 Å². The fraction of sp³-hybridized carbons (Fsp3) is 0.692. The van der Waals surface area contributed by atoms with E-state index in [9.17, 15) is 4.79 Å². The van der Waals surface area contributed by atoms with E-state index in [1.54, 1.807) is 6.20 Å². The lowest BCUT2D eigenvalue weighted by Crippen LogP contribution is -2.52. The zero-order valence-corrected chi connectivity index (χ0v) is 10.8. The number of carbonyl (C=O) groups is 1. The third-order valence-electron chi connectivity index (χ3n) is 3.79. The quantitative estimate of drug-likeness (QED) is 0.802. The molecule has 0 radical (unpaired) electrons. The minimum Gasteiger partial charge on any atom is -0.465 e. The molecule has 1 fully saturated rings. The fourth-order valence-electron chi connectivity index (χ4n) is 2.76. The van der Waals surface area contributed by atoms with Crippen LogP contribution in [-0.4, -0.2) is 27.9 Å². The highest BCUT2D eigenvalue weighted by Gasteiger charge is 2.46. The van der Waals surface area contributed by atoms with Gasteiger partial charge < -0.3 is 10.5 Å². The second-order valence-electron chi connectivity index (χ2n) is 4.91. The molecular weight excluding hydrogens is 230 g/mol. The lowest BCUT2D eigenvalue weighted by Gasteiger charge is -2.28. The normalized spacial score (nSPS) is 27.3. The third kappa shape index (κ3) is 2.56. The Kier molecular flexibility index (Phi) is 4.01. The van der Waals surface area contributed by atoms with Gasteiger partial charge in [0.25, 0.3) is 0 Å². The summed E-state index contributed by atoms with van der Waals surface area (Å²) in [5.74, 6) is -0.0475. The Bertz CT molecular complexity index is 391. The van der Waals surface area contributed by atoms with Crippen LogP contribution in [0.5, 0.6) is 0 Å². The average molecular weight is 251 g/mol. The lowest BCUT2D eigenvalue weighted by atomic mass is 9.85. The first-order chi connectivity index (χ1) is 8.66. The summed E-state index contributed by atoms with van der Waals surface area (Å²) in [7, 11) is 0. The molecule has 0 bridgehead atoms. The predicted molar refractivity (Wildman–Crippen MR) is 67.7 cm³/mol. The number of carbonyl (C=O) groups excluding carboxylic acids is 1. The molecule has 2 unspecified atom stereocenters. The first kappa shape index (κ1) is 13.1. The Balaban J connectivity index is 1.96. The number of aromatic nitrogens is 2. The van der Waals surface area contributed by atoms with E-state index in [1.165, 1.54) is 0 Å². The molecule has 18 heavy (non-hydrogen) atoms. The molecule has 1 heterocycles. The maximum atomic E-state index is 12.0. The zero-order valence-electron chi connectivity index (χ0n) is 10.8. The summed E-state index contributed by atoms with van der Waals surface area (Å²) < 4.78 is 6.99. The van der Waals surface area contributed by atoms with Crippen LogP contribution >= 0.6 is 0 Å². The SMILES string of the molecule is CCOC(=O)C1(N)CCCC1CCn1cccn1. The van der Waals surface area contributed by atoms with E-state index >= 15 is 0 Å². The van der Waals surface area contributed by atoms with Crippen molar-refractivity contribution in [3.63, 3.8) is 0 Å². The molecule has 1 saturated carbocycles. The molecular formula is C13H21N3O2. The van der Waals surface area contributed by atoms with Crippen LogP contribution in [0.25, 0.3) is 0 Å². The van der Waals surface area contributed by atoms with Crippen LogP contribution in [0.3, 0.4) is 0 Å². The first-order valence-corrected chi connectivity index (χ1v) is 6.60. The Morgan fingerprint density at radius 2 is 2.50 bits per heavy atom. The van der Waals surface area contributed by atoms with Gasteiger partial charge in [-0.05, 0) is 38.2 Å². The van der Waals surface area contributed by atoms with Crippen molar-refractivity contribution in [3.8, 4) is 0 Å². The van der Waals surface area contributed by atoms with Crippen molar-refractivity contribution in [3.05, 3.63) is 18.5 Å². The molecule has 1 aromatic heterocycles. The summed E-state index contributed by atoms with van der Waals surface area (Å²) >= 11 is 0. The molecule has 0 saturated heterocycles. The van der Waals surface area contributed by atoms with Gasteiger partial charge in [0, 0.05) is 18.9 Å². The molecule has 1 aliphatic rings. The molecule has 1 aliphatic carbocycles. The number of esters is 1. The van der Waals surface area contributed by atoms with Gasteiger partial charge in [-0.1, -0.05) is 6.42 Å². The van der Waals surface area contributed by atoms with Gasteiger partial charge in [0.15, 0.2) is 0 Å². The van der Waals surface area contributed by atoms with E-state index in [2.05, 4.69) is 5.10 Å². The number of hydrogen-bond acceptors (Lipinski definition) is 4. The molecule has 100 valence electrons. The van der Waals surface area contributed by atoms with Gasteiger partial charge in [-0.25, -0.2) is 0 Å². The van der Waals surface area contributed by atoms with Crippen LogP contribution in [0.1, 0.15) is 32.6 Å². The van der Waals surface area contributed by atoms with Gasteiger partial charge in [0.1, 0.15) is 5.54 Å². The highest BCUT2D eigenvalue weighted by Crippen LogP contribution is 2.37. The molecule has 2 atom stereocenters. The lowest BCUT2D eigenvalue weighted by molar-refractivity contribution is -0.151. The second kappa shape index (κ2) is 5.52. The monoisotopic (exact) mass is 251 g/mol. The number of rotatable bonds is 5. The number of hydrogen-bond donors (Lipinski definition) is 1. The van der Waals surface area contributed by atoms with Crippen molar-refractivity contribution in [2.75, 3.05) is 6.61 Å². The molecule has 2 rings (SSSR count). The molecule has 5 nitrogen and oxygen atoms in total. The summed E-state index contributed by atoms with van der Waals surface area (Å²) in [5.41, 5.74) is 5.48. The van der Waals surface area contributed by atoms with Crippen molar-refractivity contribution in [1.82, 2.24) is 9.78 Å². The van der Waals surface area contributed by atoms with Crippen LogP contribution < -0.4 is 5.73 Å². The standard InChI is InChI=1S/C13H21N3O2/c1-2-18-12(17)13(14)7-3-5-11(13)6-10-16-9-4-8-15-16/h4,8-9,11H,2-3,5-7,10,14H2,1H3. The van der Waals surface area contributed by atoms with Crippen LogP contribution in [0, 0.1) is 5.92 Å². The van der Waals surface area contributed by atoms with Crippen molar-refractivity contribution in [2.45, 2.75) is 44.7 Å². The van der Waals surface area contributed by atoms with E-state index in [1.807, 2.05) is 23.9 Å². The number of aryl methyl sites for hydroxylation is 1. The highest BCUT2D eigenvalue weighted by atomic mass is 16.5. The van der Waals surface area contributed by atoms with E-state index in [-0.39, 0.29) is 11.9 Å².